The van der Waals surface area contributed by atoms with E-state index in [2.05, 4.69) is 21.4 Å². The van der Waals surface area contributed by atoms with E-state index in [1.165, 1.54) is 0 Å². The van der Waals surface area contributed by atoms with Gasteiger partial charge in [-0.1, -0.05) is 6.07 Å². The number of nitriles is 1. The molecule has 0 unspecified atom stereocenters. The lowest BCUT2D eigenvalue weighted by atomic mass is 10.2. The summed E-state index contributed by atoms with van der Waals surface area (Å²) in [6.07, 6.45) is 0. The van der Waals surface area contributed by atoms with Crippen molar-refractivity contribution in [2.75, 3.05) is 11.9 Å². The first-order valence-electron chi connectivity index (χ1n) is 6.42. The highest BCUT2D eigenvalue weighted by atomic mass is 16.5. The average molecular weight is 268 g/mol. The summed E-state index contributed by atoms with van der Waals surface area (Å²) in [5.41, 5.74) is 1.46. The molecule has 5 nitrogen and oxygen atoms in total. The molecule has 0 radical (unpaired) electrons. The van der Waals surface area contributed by atoms with Crippen LogP contribution in [0.4, 0.5) is 5.82 Å². The summed E-state index contributed by atoms with van der Waals surface area (Å²) in [6, 6.07) is 11.0. The maximum Gasteiger partial charge on any atom is 0.168 e. The van der Waals surface area contributed by atoms with Gasteiger partial charge in [-0.05, 0) is 32.0 Å². The highest BCUT2D eigenvalue weighted by Gasteiger charge is 2.03. The van der Waals surface area contributed by atoms with E-state index in [4.69, 9.17) is 10.00 Å². The van der Waals surface area contributed by atoms with Gasteiger partial charge in [0.1, 0.15) is 18.2 Å². The maximum absolute atomic E-state index is 8.84. The first-order valence-corrected chi connectivity index (χ1v) is 6.42. The first-order chi connectivity index (χ1) is 9.71. The van der Waals surface area contributed by atoms with E-state index in [0.29, 0.717) is 17.1 Å². The first kappa shape index (κ1) is 13.8. The van der Waals surface area contributed by atoms with Crippen molar-refractivity contribution in [3.63, 3.8) is 0 Å². The van der Waals surface area contributed by atoms with E-state index in [-0.39, 0.29) is 6.61 Å². The Hall–Kier alpha value is -2.61. The van der Waals surface area contributed by atoms with Crippen molar-refractivity contribution in [3.8, 4) is 11.8 Å². The molecule has 0 aliphatic rings. The van der Waals surface area contributed by atoms with Crippen molar-refractivity contribution < 1.29 is 4.74 Å². The Morgan fingerprint density at radius 3 is 2.90 bits per heavy atom. The molecule has 0 aliphatic heterocycles. The molecule has 0 fully saturated rings. The molecule has 0 aliphatic carbocycles. The Morgan fingerprint density at radius 1 is 1.30 bits per heavy atom. The molecule has 102 valence electrons. The van der Waals surface area contributed by atoms with Crippen LogP contribution < -0.4 is 10.1 Å². The Labute approximate surface area is 118 Å². The van der Waals surface area contributed by atoms with E-state index in [0.717, 1.165) is 18.1 Å². The predicted octanol–water partition coefficient (Wildman–Crippen LogP) is 2.67. The lowest BCUT2D eigenvalue weighted by Crippen LogP contribution is -2.07. The van der Waals surface area contributed by atoms with E-state index < -0.39 is 0 Å². The summed E-state index contributed by atoms with van der Waals surface area (Å²) in [5.74, 6) is 2.05. The van der Waals surface area contributed by atoms with Crippen LogP contribution in [0.1, 0.15) is 24.0 Å². The van der Waals surface area contributed by atoms with E-state index in [1.807, 2.05) is 26.0 Å². The van der Waals surface area contributed by atoms with Crippen LogP contribution in [0, 0.1) is 18.3 Å². The zero-order chi connectivity index (χ0) is 14.4. The standard InChI is InChI=1S/C15H16N4O/c1-3-17-14-7-11(2)18-15(19-14)10-20-13-6-4-5-12(8-13)9-16/h4-8H,3,10H2,1-2H3,(H,17,18,19). The molecule has 0 saturated heterocycles. The zero-order valence-corrected chi connectivity index (χ0v) is 11.6. The van der Waals surface area contributed by atoms with Gasteiger partial charge >= 0.3 is 0 Å². The van der Waals surface area contributed by atoms with Gasteiger partial charge in [0.25, 0.3) is 0 Å². The number of hydrogen-bond donors (Lipinski definition) is 1. The third kappa shape index (κ3) is 3.69. The molecule has 1 aromatic carbocycles. The monoisotopic (exact) mass is 268 g/mol. The molecule has 0 bridgehead atoms. The average Bonchev–Trinajstić information content (AvgIpc) is 2.45. The fraction of sp³-hybridized carbons (Fsp3) is 0.267. The summed E-state index contributed by atoms with van der Waals surface area (Å²) in [6.45, 7) is 5.01. The lowest BCUT2D eigenvalue weighted by molar-refractivity contribution is 0.295. The molecule has 1 heterocycles. The van der Waals surface area contributed by atoms with Crippen LogP contribution in [-0.4, -0.2) is 16.5 Å². The Morgan fingerprint density at radius 2 is 2.15 bits per heavy atom. The summed E-state index contributed by atoms with van der Waals surface area (Å²) in [4.78, 5) is 8.70. The number of ether oxygens (including phenoxy) is 1. The third-order valence-electron chi connectivity index (χ3n) is 2.59. The molecule has 1 aromatic heterocycles. The second-order valence-corrected chi connectivity index (χ2v) is 4.27. The zero-order valence-electron chi connectivity index (χ0n) is 11.6. The number of hydrogen-bond acceptors (Lipinski definition) is 5. The number of rotatable bonds is 5. The van der Waals surface area contributed by atoms with Gasteiger partial charge < -0.3 is 10.1 Å². The molecule has 1 N–H and O–H groups in total. The summed E-state index contributed by atoms with van der Waals surface area (Å²) >= 11 is 0. The van der Waals surface area contributed by atoms with Crippen LogP contribution in [0.3, 0.4) is 0 Å². The van der Waals surface area contributed by atoms with Crippen molar-refractivity contribution >= 4 is 5.82 Å². The van der Waals surface area contributed by atoms with Gasteiger partial charge in [-0.3, -0.25) is 0 Å². The molecule has 2 aromatic rings. The van der Waals surface area contributed by atoms with Gasteiger partial charge in [-0.2, -0.15) is 5.26 Å². The Bertz CT molecular complexity index is 634. The summed E-state index contributed by atoms with van der Waals surface area (Å²) in [5, 5.41) is 12.0. The molecule has 2 rings (SSSR count). The fourth-order valence-corrected chi connectivity index (χ4v) is 1.77. The van der Waals surface area contributed by atoms with Gasteiger partial charge in [-0.25, -0.2) is 9.97 Å². The number of aromatic nitrogens is 2. The van der Waals surface area contributed by atoms with Crippen LogP contribution in [0.5, 0.6) is 5.75 Å². The number of aryl methyl sites for hydroxylation is 1. The fourth-order valence-electron chi connectivity index (χ4n) is 1.77. The van der Waals surface area contributed by atoms with Crippen LogP contribution in [-0.2, 0) is 6.61 Å². The SMILES string of the molecule is CCNc1cc(C)nc(COc2cccc(C#N)c2)n1. The van der Waals surface area contributed by atoms with Crippen molar-refractivity contribution in [3.05, 3.63) is 47.4 Å². The quantitative estimate of drug-likeness (QED) is 0.902. The van der Waals surface area contributed by atoms with Gasteiger partial charge in [0.15, 0.2) is 5.82 Å². The van der Waals surface area contributed by atoms with Crippen molar-refractivity contribution in [1.29, 1.82) is 5.26 Å². The molecular weight excluding hydrogens is 252 g/mol. The van der Waals surface area contributed by atoms with E-state index in [1.54, 1.807) is 18.2 Å². The van der Waals surface area contributed by atoms with E-state index in [9.17, 15) is 0 Å². The molecule has 20 heavy (non-hydrogen) atoms. The van der Waals surface area contributed by atoms with Crippen molar-refractivity contribution in [2.45, 2.75) is 20.5 Å². The Kier molecular flexibility index (Phi) is 4.51. The van der Waals surface area contributed by atoms with Crippen LogP contribution in [0.25, 0.3) is 0 Å². The highest BCUT2D eigenvalue weighted by molar-refractivity contribution is 5.37. The lowest BCUT2D eigenvalue weighted by Gasteiger charge is -2.08. The predicted molar refractivity (Wildman–Crippen MR) is 76.4 cm³/mol. The number of benzene rings is 1. The van der Waals surface area contributed by atoms with Gasteiger partial charge in [-0.15, -0.1) is 0 Å². The minimum Gasteiger partial charge on any atom is -0.486 e. The van der Waals surface area contributed by atoms with E-state index >= 15 is 0 Å². The molecule has 0 atom stereocenters. The van der Waals surface area contributed by atoms with Gasteiger partial charge in [0.05, 0.1) is 11.6 Å². The normalized spacial score (nSPS) is 9.85. The molecule has 0 spiro atoms. The smallest absolute Gasteiger partial charge is 0.168 e. The second kappa shape index (κ2) is 6.53. The highest BCUT2D eigenvalue weighted by Crippen LogP contribution is 2.14. The minimum absolute atomic E-state index is 0.273. The molecule has 5 heteroatoms. The minimum atomic E-state index is 0.273. The number of anilines is 1. The topological polar surface area (TPSA) is 70.8 Å². The summed E-state index contributed by atoms with van der Waals surface area (Å²) in [7, 11) is 0. The van der Waals surface area contributed by atoms with Gasteiger partial charge in [0, 0.05) is 18.3 Å². The molecule has 0 saturated carbocycles. The number of nitrogens with one attached hydrogen (secondary N) is 1. The van der Waals surface area contributed by atoms with Gasteiger partial charge in [0.2, 0.25) is 0 Å². The molecule has 0 amide bonds. The third-order valence-corrected chi connectivity index (χ3v) is 2.59. The molecular formula is C15H16N4O. The van der Waals surface area contributed by atoms with Crippen molar-refractivity contribution in [2.24, 2.45) is 0 Å². The maximum atomic E-state index is 8.84. The Balaban J connectivity index is 2.08. The van der Waals surface area contributed by atoms with Crippen LogP contribution in [0.2, 0.25) is 0 Å². The van der Waals surface area contributed by atoms with Crippen LogP contribution in [0.15, 0.2) is 30.3 Å². The summed E-state index contributed by atoms with van der Waals surface area (Å²) < 4.78 is 5.62. The largest absolute Gasteiger partial charge is 0.486 e. The van der Waals surface area contributed by atoms with Crippen molar-refractivity contribution in [1.82, 2.24) is 9.97 Å². The van der Waals surface area contributed by atoms with Crippen LogP contribution >= 0.6 is 0 Å². The number of nitrogens with zero attached hydrogens (tertiary/aromatic N) is 3. The second-order valence-electron chi connectivity index (χ2n) is 4.27.